The van der Waals surface area contributed by atoms with Gasteiger partial charge in [-0.25, -0.2) is 4.21 Å². The van der Waals surface area contributed by atoms with Gasteiger partial charge < -0.3 is 10.4 Å². The van der Waals surface area contributed by atoms with Crippen molar-refractivity contribution in [2.24, 2.45) is 4.36 Å². The average molecular weight is 389 g/mol. The summed E-state index contributed by atoms with van der Waals surface area (Å²) in [6, 6.07) is 23.6. The summed E-state index contributed by atoms with van der Waals surface area (Å²) >= 11 is 0. The molecule has 1 atom stereocenters. The van der Waals surface area contributed by atoms with Crippen molar-refractivity contribution in [1.82, 2.24) is 4.98 Å². The predicted molar refractivity (Wildman–Crippen MR) is 114 cm³/mol. The molecular weight excluding hydrogens is 370 g/mol. The van der Waals surface area contributed by atoms with E-state index in [2.05, 4.69) is 14.7 Å². The number of benzene rings is 3. The molecule has 3 aromatic carbocycles. The van der Waals surface area contributed by atoms with E-state index in [0.717, 1.165) is 22.3 Å². The van der Waals surface area contributed by atoms with Gasteiger partial charge in [0.1, 0.15) is 5.75 Å². The molecule has 0 aliphatic carbocycles. The molecule has 0 aliphatic rings. The van der Waals surface area contributed by atoms with Crippen molar-refractivity contribution in [2.45, 2.75) is 4.90 Å². The molecule has 28 heavy (non-hydrogen) atoms. The minimum atomic E-state index is -2.56. The second-order valence-electron chi connectivity index (χ2n) is 6.44. The first-order chi connectivity index (χ1) is 13.5. The monoisotopic (exact) mass is 389 g/mol. The first-order valence-corrected chi connectivity index (χ1v) is 10.7. The van der Waals surface area contributed by atoms with Gasteiger partial charge in [-0.15, -0.1) is 0 Å². The number of fused-ring (bicyclic) bond motifs is 1. The number of phenolic OH excluding ortho intramolecular Hbond substituents is 1. The highest BCUT2D eigenvalue weighted by Crippen LogP contribution is 2.30. The third kappa shape index (κ3) is 3.82. The smallest absolute Gasteiger partial charge is 0.117 e. The molecule has 0 unspecified atom stereocenters. The van der Waals surface area contributed by atoms with Crippen molar-refractivity contribution in [3.63, 3.8) is 0 Å². The van der Waals surface area contributed by atoms with Crippen LogP contribution in [0.25, 0.3) is 10.9 Å². The molecular formula is C22H19N3O2S. The van der Waals surface area contributed by atoms with Crippen molar-refractivity contribution in [2.75, 3.05) is 11.6 Å². The van der Waals surface area contributed by atoms with Crippen LogP contribution in [0.3, 0.4) is 0 Å². The normalized spacial score (nSPS) is 13.0. The first kappa shape index (κ1) is 18.0. The Morgan fingerprint density at radius 3 is 2.57 bits per heavy atom. The Bertz CT molecular complexity index is 1260. The fourth-order valence-electron chi connectivity index (χ4n) is 2.97. The number of nitrogens with zero attached hydrogens (tertiary/aromatic N) is 2. The molecule has 0 fully saturated rings. The molecule has 0 radical (unpaired) electrons. The fourth-order valence-corrected chi connectivity index (χ4v) is 4.25. The van der Waals surface area contributed by atoms with E-state index >= 15 is 0 Å². The van der Waals surface area contributed by atoms with Crippen LogP contribution in [0.1, 0.15) is 0 Å². The summed E-state index contributed by atoms with van der Waals surface area (Å²) in [6.45, 7) is 0. The molecule has 4 rings (SSSR count). The highest BCUT2D eigenvalue weighted by molar-refractivity contribution is 7.93. The van der Waals surface area contributed by atoms with E-state index in [1.165, 1.54) is 0 Å². The van der Waals surface area contributed by atoms with E-state index in [1.54, 1.807) is 30.7 Å². The van der Waals surface area contributed by atoms with Crippen LogP contribution in [0.15, 0.2) is 94.3 Å². The Labute approximate surface area is 163 Å². The number of pyridine rings is 1. The van der Waals surface area contributed by atoms with Crippen LogP contribution in [0.4, 0.5) is 17.1 Å². The van der Waals surface area contributed by atoms with Crippen LogP contribution in [0.5, 0.6) is 5.75 Å². The fraction of sp³-hybridized carbons (Fsp3) is 0.0455. The van der Waals surface area contributed by atoms with E-state index < -0.39 is 9.73 Å². The number of phenols is 1. The Balaban J connectivity index is 1.78. The largest absolute Gasteiger partial charge is 0.508 e. The first-order valence-electron chi connectivity index (χ1n) is 8.73. The van der Waals surface area contributed by atoms with Crippen molar-refractivity contribution < 1.29 is 9.32 Å². The zero-order valence-corrected chi connectivity index (χ0v) is 16.1. The van der Waals surface area contributed by atoms with Crippen molar-refractivity contribution in [1.29, 1.82) is 0 Å². The third-order valence-corrected chi connectivity index (χ3v) is 6.02. The van der Waals surface area contributed by atoms with E-state index in [9.17, 15) is 9.32 Å². The van der Waals surface area contributed by atoms with E-state index in [1.807, 2.05) is 60.7 Å². The van der Waals surface area contributed by atoms with Gasteiger partial charge in [-0.3, -0.25) is 4.98 Å². The van der Waals surface area contributed by atoms with Gasteiger partial charge in [0.05, 0.1) is 20.9 Å². The quantitative estimate of drug-likeness (QED) is 0.485. The standard InChI is InChI=1S/C22H19N3O2S/c1-28(27,19-8-3-2-4-9-19)25-17-10-11-21-20(15-17)22(12-13-23-21)24-16-6-5-7-18(26)14-16/h2-15,26H,1H3,(H,23,24)/t28-/m1/s1. The van der Waals surface area contributed by atoms with Crippen LogP contribution in [-0.2, 0) is 9.73 Å². The van der Waals surface area contributed by atoms with Gasteiger partial charge in [0.2, 0.25) is 0 Å². The average Bonchev–Trinajstić information content (AvgIpc) is 2.69. The number of hydrogen-bond donors (Lipinski definition) is 2. The zero-order chi connectivity index (χ0) is 19.6. The Kier molecular flexibility index (Phi) is 4.71. The SMILES string of the molecule is C[S@](=O)(=Nc1ccc2nccc(Nc3cccc(O)c3)c2c1)c1ccccc1. The molecule has 1 aromatic heterocycles. The molecule has 5 nitrogen and oxygen atoms in total. The lowest BCUT2D eigenvalue weighted by molar-refractivity contribution is 0.475. The maximum Gasteiger partial charge on any atom is 0.117 e. The second kappa shape index (κ2) is 7.32. The molecule has 2 N–H and O–H groups in total. The summed E-state index contributed by atoms with van der Waals surface area (Å²) in [5.74, 6) is 0.188. The van der Waals surface area contributed by atoms with Crippen molar-refractivity contribution in [3.05, 3.63) is 85.1 Å². The summed E-state index contributed by atoms with van der Waals surface area (Å²) in [6.07, 6.45) is 3.36. The molecule has 0 amide bonds. The van der Waals surface area contributed by atoms with Crippen LogP contribution >= 0.6 is 0 Å². The summed E-state index contributed by atoms with van der Waals surface area (Å²) < 4.78 is 17.6. The number of aromatic hydroxyl groups is 1. The van der Waals surface area contributed by atoms with Gasteiger partial charge in [0.15, 0.2) is 0 Å². The number of hydrogen-bond acceptors (Lipinski definition) is 5. The van der Waals surface area contributed by atoms with Gasteiger partial charge in [-0.1, -0.05) is 24.3 Å². The Morgan fingerprint density at radius 1 is 0.964 bits per heavy atom. The minimum Gasteiger partial charge on any atom is -0.508 e. The molecule has 6 heteroatoms. The molecule has 0 bridgehead atoms. The summed E-state index contributed by atoms with van der Waals surface area (Å²) in [7, 11) is -2.56. The molecule has 0 spiro atoms. The summed E-state index contributed by atoms with van der Waals surface area (Å²) in [4.78, 5) is 5.09. The lowest BCUT2D eigenvalue weighted by atomic mass is 10.1. The predicted octanol–water partition coefficient (Wildman–Crippen LogP) is 5.47. The molecule has 1 heterocycles. The van der Waals surface area contributed by atoms with Gasteiger partial charge in [-0.2, -0.15) is 4.36 Å². The topological polar surface area (TPSA) is 74.6 Å². The third-order valence-electron chi connectivity index (χ3n) is 4.31. The van der Waals surface area contributed by atoms with Gasteiger partial charge in [-0.05, 0) is 48.5 Å². The summed E-state index contributed by atoms with van der Waals surface area (Å²) in [5.41, 5.74) is 3.01. The van der Waals surface area contributed by atoms with E-state index in [0.29, 0.717) is 10.6 Å². The molecule has 0 aliphatic heterocycles. The molecule has 0 saturated heterocycles. The van der Waals surface area contributed by atoms with Crippen LogP contribution in [0.2, 0.25) is 0 Å². The number of aromatic nitrogens is 1. The van der Waals surface area contributed by atoms with Crippen molar-refractivity contribution >= 4 is 37.7 Å². The number of rotatable bonds is 4. The Morgan fingerprint density at radius 2 is 1.79 bits per heavy atom. The van der Waals surface area contributed by atoms with Crippen molar-refractivity contribution in [3.8, 4) is 5.75 Å². The Hall–Kier alpha value is -3.38. The lowest BCUT2D eigenvalue weighted by Crippen LogP contribution is -1.96. The zero-order valence-electron chi connectivity index (χ0n) is 15.2. The van der Waals surface area contributed by atoms with Gasteiger partial charge in [0.25, 0.3) is 0 Å². The molecule has 4 aromatic rings. The number of anilines is 2. The highest BCUT2D eigenvalue weighted by Gasteiger charge is 2.08. The second-order valence-corrected chi connectivity index (χ2v) is 8.70. The van der Waals surface area contributed by atoms with E-state index in [-0.39, 0.29) is 5.75 Å². The van der Waals surface area contributed by atoms with Gasteiger partial charge in [0, 0.05) is 40.2 Å². The lowest BCUT2D eigenvalue weighted by Gasteiger charge is -2.11. The maximum absolute atomic E-state index is 13.1. The van der Waals surface area contributed by atoms with Crippen LogP contribution in [-0.4, -0.2) is 20.6 Å². The maximum atomic E-state index is 13.1. The van der Waals surface area contributed by atoms with Gasteiger partial charge >= 0.3 is 0 Å². The molecule has 0 saturated carbocycles. The van der Waals surface area contributed by atoms with Crippen LogP contribution in [0, 0.1) is 0 Å². The molecule has 140 valence electrons. The number of nitrogens with one attached hydrogen (secondary N) is 1. The highest BCUT2D eigenvalue weighted by atomic mass is 32.2. The summed E-state index contributed by atoms with van der Waals surface area (Å²) in [5, 5.41) is 13.8. The van der Waals surface area contributed by atoms with Crippen LogP contribution < -0.4 is 5.32 Å². The van der Waals surface area contributed by atoms with E-state index in [4.69, 9.17) is 0 Å². The minimum absolute atomic E-state index is 0.188.